The lowest BCUT2D eigenvalue weighted by Gasteiger charge is -2.25. The van der Waals surface area contributed by atoms with Crippen LogP contribution in [-0.4, -0.2) is 31.1 Å². The Labute approximate surface area is 130 Å². The Morgan fingerprint density at radius 1 is 1.36 bits per heavy atom. The van der Waals surface area contributed by atoms with Crippen LogP contribution in [0.3, 0.4) is 0 Å². The van der Waals surface area contributed by atoms with E-state index in [0.29, 0.717) is 13.1 Å². The summed E-state index contributed by atoms with van der Waals surface area (Å²) in [4.78, 5) is 25.7. The summed E-state index contributed by atoms with van der Waals surface area (Å²) in [6.45, 7) is 1.29. The number of hydrogen-bond donors (Lipinski definition) is 3. The molecule has 6 nitrogen and oxygen atoms in total. The predicted molar refractivity (Wildman–Crippen MR) is 85.7 cm³/mol. The monoisotopic (exact) mass is 302 g/mol. The van der Waals surface area contributed by atoms with Crippen molar-refractivity contribution in [1.82, 2.24) is 5.32 Å². The summed E-state index contributed by atoms with van der Waals surface area (Å²) in [5, 5.41) is 5.73. The Morgan fingerprint density at radius 3 is 2.95 bits per heavy atom. The highest BCUT2D eigenvalue weighted by molar-refractivity contribution is 5.96. The van der Waals surface area contributed by atoms with Crippen LogP contribution in [-0.2, 0) is 4.79 Å². The van der Waals surface area contributed by atoms with Gasteiger partial charge in [0, 0.05) is 36.4 Å². The standard InChI is InChI=1S/C16H22N4O2/c17-12-4-1-3-11(9-12)15(21)19-13-5-2-6-14(10-13)20-8-7-18-16(20)22/h2,5-6,10-12H,1,3-4,7-9,17H2,(H,18,22)(H,19,21)/t11-,12-/m1/s1. The average molecular weight is 302 g/mol. The van der Waals surface area contributed by atoms with Crippen LogP contribution in [0, 0.1) is 5.92 Å². The fourth-order valence-electron chi connectivity index (χ4n) is 3.18. The highest BCUT2D eigenvalue weighted by Crippen LogP contribution is 2.26. The first-order chi connectivity index (χ1) is 10.6. The van der Waals surface area contributed by atoms with Crippen molar-refractivity contribution in [3.05, 3.63) is 24.3 Å². The maximum atomic E-state index is 12.4. The quantitative estimate of drug-likeness (QED) is 0.793. The van der Waals surface area contributed by atoms with Crippen molar-refractivity contribution >= 4 is 23.3 Å². The molecule has 1 aliphatic heterocycles. The topological polar surface area (TPSA) is 87.5 Å². The van der Waals surface area contributed by atoms with Crippen LogP contribution in [0.15, 0.2) is 24.3 Å². The molecule has 0 unspecified atom stereocenters. The van der Waals surface area contributed by atoms with Gasteiger partial charge in [-0.3, -0.25) is 9.69 Å². The van der Waals surface area contributed by atoms with Gasteiger partial charge < -0.3 is 16.4 Å². The Hall–Kier alpha value is -2.08. The molecule has 2 atom stereocenters. The number of carbonyl (C=O) groups excluding carboxylic acids is 2. The van der Waals surface area contributed by atoms with Gasteiger partial charge >= 0.3 is 6.03 Å². The molecule has 0 aromatic heterocycles. The minimum absolute atomic E-state index is 0.0116. The molecule has 22 heavy (non-hydrogen) atoms. The molecule has 4 N–H and O–H groups in total. The van der Waals surface area contributed by atoms with Gasteiger partial charge in [0.2, 0.25) is 5.91 Å². The Morgan fingerprint density at radius 2 is 2.23 bits per heavy atom. The Balaban J connectivity index is 1.67. The van der Waals surface area contributed by atoms with E-state index in [1.165, 1.54) is 0 Å². The zero-order chi connectivity index (χ0) is 15.5. The largest absolute Gasteiger partial charge is 0.336 e. The lowest BCUT2D eigenvalue weighted by molar-refractivity contribution is -0.120. The van der Waals surface area contributed by atoms with Gasteiger partial charge in [0.1, 0.15) is 0 Å². The fourth-order valence-corrected chi connectivity index (χ4v) is 3.18. The van der Waals surface area contributed by atoms with E-state index in [4.69, 9.17) is 5.73 Å². The number of nitrogens with zero attached hydrogens (tertiary/aromatic N) is 1. The summed E-state index contributed by atoms with van der Waals surface area (Å²) >= 11 is 0. The first-order valence-corrected chi connectivity index (χ1v) is 7.85. The van der Waals surface area contributed by atoms with Crippen LogP contribution < -0.4 is 21.3 Å². The first-order valence-electron chi connectivity index (χ1n) is 7.85. The Kier molecular flexibility index (Phi) is 4.29. The molecule has 3 amide bonds. The number of nitrogens with two attached hydrogens (primary N) is 1. The van der Waals surface area contributed by atoms with Crippen molar-refractivity contribution in [3.8, 4) is 0 Å². The number of carbonyl (C=O) groups is 2. The minimum Gasteiger partial charge on any atom is -0.336 e. The van der Waals surface area contributed by atoms with Gasteiger partial charge in [-0.1, -0.05) is 12.5 Å². The van der Waals surface area contributed by atoms with Crippen LogP contribution >= 0.6 is 0 Å². The molecule has 2 fully saturated rings. The summed E-state index contributed by atoms with van der Waals surface area (Å²) < 4.78 is 0. The molecule has 6 heteroatoms. The third-order valence-corrected chi connectivity index (χ3v) is 4.37. The Bertz CT molecular complexity index is 575. The molecule has 1 aromatic rings. The summed E-state index contributed by atoms with van der Waals surface area (Å²) in [6, 6.07) is 7.44. The van der Waals surface area contributed by atoms with Crippen LogP contribution in [0.25, 0.3) is 0 Å². The molecular weight excluding hydrogens is 280 g/mol. The minimum atomic E-state index is -0.0956. The first kappa shape index (κ1) is 14.8. The third kappa shape index (κ3) is 3.22. The number of anilines is 2. The maximum absolute atomic E-state index is 12.4. The van der Waals surface area contributed by atoms with Crippen molar-refractivity contribution in [2.24, 2.45) is 11.7 Å². The molecule has 0 spiro atoms. The molecule has 0 radical (unpaired) electrons. The smallest absolute Gasteiger partial charge is 0.321 e. The second kappa shape index (κ2) is 6.36. The van der Waals surface area contributed by atoms with Crippen molar-refractivity contribution in [3.63, 3.8) is 0 Å². The van der Waals surface area contributed by atoms with Gasteiger partial charge in [0.05, 0.1) is 0 Å². The average Bonchev–Trinajstić information content (AvgIpc) is 2.94. The molecular formula is C16H22N4O2. The van der Waals surface area contributed by atoms with E-state index in [0.717, 1.165) is 37.1 Å². The lowest BCUT2D eigenvalue weighted by Crippen LogP contribution is -2.34. The lowest BCUT2D eigenvalue weighted by atomic mass is 9.85. The highest BCUT2D eigenvalue weighted by atomic mass is 16.2. The van der Waals surface area contributed by atoms with Crippen molar-refractivity contribution in [1.29, 1.82) is 0 Å². The van der Waals surface area contributed by atoms with E-state index < -0.39 is 0 Å². The molecule has 1 saturated carbocycles. The summed E-state index contributed by atoms with van der Waals surface area (Å²) in [7, 11) is 0. The molecule has 2 aliphatic rings. The van der Waals surface area contributed by atoms with Gasteiger partial charge in [-0.05, 0) is 37.5 Å². The van der Waals surface area contributed by atoms with Gasteiger partial charge in [-0.15, -0.1) is 0 Å². The van der Waals surface area contributed by atoms with Crippen LogP contribution in [0.4, 0.5) is 16.2 Å². The third-order valence-electron chi connectivity index (χ3n) is 4.37. The van der Waals surface area contributed by atoms with Crippen LogP contribution in [0.5, 0.6) is 0 Å². The number of urea groups is 1. The molecule has 1 heterocycles. The van der Waals surface area contributed by atoms with Gasteiger partial charge in [-0.2, -0.15) is 0 Å². The van der Waals surface area contributed by atoms with Gasteiger partial charge in [-0.25, -0.2) is 4.79 Å². The SMILES string of the molecule is N[C@@H]1CCC[C@@H](C(=O)Nc2cccc(N3CCNC3=O)c2)C1. The molecule has 118 valence electrons. The number of rotatable bonds is 3. The molecule has 1 saturated heterocycles. The molecule has 1 aliphatic carbocycles. The number of amides is 3. The zero-order valence-corrected chi connectivity index (χ0v) is 12.5. The fraction of sp³-hybridized carbons (Fsp3) is 0.500. The molecule has 1 aromatic carbocycles. The summed E-state index contributed by atoms with van der Waals surface area (Å²) in [5.41, 5.74) is 7.47. The van der Waals surface area contributed by atoms with E-state index in [-0.39, 0.29) is 23.9 Å². The van der Waals surface area contributed by atoms with E-state index in [1.807, 2.05) is 24.3 Å². The van der Waals surface area contributed by atoms with Crippen LogP contribution in [0.2, 0.25) is 0 Å². The molecule has 0 bridgehead atoms. The maximum Gasteiger partial charge on any atom is 0.321 e. The van der Waals surface area contributed by atoms with E-state index >= 15 is 0 Å². The van der Waals surface area contributed by atoms with E-state index in [2.05, 4.69) is 10.6 Å². The second-order valence-electron chi connectivity index (χ2n) is 6.05. The number of hydrogen-bond acceptors (Lipinski definition) is 3. The zero-order valence-electron chi connectivity index (χ0n) is 12.5. The highest BCUT2D eigenvalue weighted by Gasteiger charge is 2.26. The van der Waals surface area contributed by atoms with Crippen LogP contribution in [0.1, 0.15) is 25.7 Å². The van der Waals surface area contributed by atoms with E-state index in [9.17, 15) is 9.59 Å². The van der Waals surface area contributed by atoms with E-state index in [1.54, 1.807) is 4.90 Å². The summed E-state index contributed by atoms with van der Waals surface area (Å²) in [5.74, 6) is 0.0145. The van der Waals surface area contributed by atoms with Crippen molar-refractivity contribution in [2.45, 2.75) is 31.7 Å². The predicted octanol–water partition coefficient (Wildman–Crippen LogP) is 1.67. The second-order valence-corrected chi connectivity index (χ2v) is 6.05. The molecule has 3 rings (SSSR count). The summed E-state index contributed by atoms with van der Waals surface area (Å²) in [6.07, 6.45) is 3.66. The van der Waals surface area contributed by atoms with Gasteiger partial charge in [0.25, 0.3) is 0 Å². The number of nitrogens with one attached hydrogen (secondary N) is 2. The van der Waals surface area contributed by atoms with Gasteiger partial charge in [0.15, 0.2) is 0 Å². The van der Waals surface area contributed by atoms with Crippen molar-refractivity contribution < 1.29 is 9.59 Å². The normalized spacial score (nSPS) is 25.0. The van der Waals surface area contributed by atoms with Crippen molar-refractivity contribution in [2.75, 3.05) is 23.3 Å². The number of benzene rings is 1.